The standard InChI is InChI=1S/C21H38O4/c1-5-7-9-11-13-15-17(22)19-20(25-21(3,4)24-19)18(23)16-14-12-10-8-6-2/h19-20H,5-16H2,1-4H3/t19-,20-/m0/s1. The molecule has 1 fully saturated rings. The van der Waals surface area contributed by atoms with Crippen molar-refractivity contribution in [1.82, 2.24) is 0 Å². The second kappa shape index (κ2) is 11.8. The fourth-order valence-corrected chi connectivity index (χ4v) is 3.32. The molecule has 1 heterocycles. The van der Waals surface area contributed by atoms with Gasteiger partial charge in [0.15, 0.2) is 29.6 Å². The zero-order chi connectivity index (χ0) is 18.7. The van der Waals surface area contributed by atoms with Gasteiger partial charge in [-0.2, -0.15) is 0 Å². The van der Waals surface area contributed by atoms with Crippen LogP contribution in [0.25, 0.3) is 0 Å². The van der Waals surface area contributed by atoms with E-state index in [0.29, 0.717) is 12.8 Å². The van der Waals surface area contributed by atoms with E-state index in [1.54, 1.807) is 13.8 Å². The first-order valence-electron chi connectivity index (χ1n) is 10.3. The summed E-state index contributed by atoms with van der Waals surface area (Å²) in [6.07, 6.45) is 10.5. The van der Waals surface area contributed by atoms with Crippen molar-refractivity contribution in [1.29, 1.82) is 0 Å². The monoisotopic (exact) mass is 354 g/mol. The number of ether oxygens (including phenoxy) is 2. The maximum absolute atomic E-state index is 12.5. The molecule has 4 nitrogen and oxygen atoms in total. The topological polar surface area (TPSA) is 52.6 Å². The number of hydrogen-bond acceptors (Lipinski definition) is 4. The molecule has 1 rings (SSSR count). The highest BCUT2D eigenvalue weighted by atomic mass is 16.8. The molecule has 1 saturated heterocycles. The Morgan fingerprint density at radius 1 is 0.680 bits per heavy atom. The van der Waals surface area contributed by atoms with Crippen LogP contribution in [0.4, 0.5) is 0 Å². The summed E-state index contributed by atoms with van der Waals surface area (Å²) in [7, 11) is 0. The number of rotatable bonds is 14. The van der Waals surface area contributed by atoms with E-state index in [9.17, 15) is 9.59 Å². The van der Waals surface area contributed by atoms with Gasteiger partial charge in [0.2, 0.25) is 0 Å². The number of carbonyl (C=O) groups excluding carboxylic acids is 2. The van der Waals surface area contributed by atoms with Crippen molar-refractivity contribution in [3.05, 3.63) is 0 Å². The second-order valence-corrected chi connectivity index (χ2v) is 7.74. The van der Waals surface area contributed by atoms with E-state index in [0.717, 1.165) is 38.5 Å². The highest BCUT2D eigenvalue weighted by Crippen LogP contribution is 2.31. The molecule has 0 aromatic heterocycles. The van der Waals surface area contributed by atoms with Crippen molar-refractivity contribution in [2.75, 3.05) is 0 Å². The smallest absolute Gasteiger partial charge is 0.165 e. The normalized spacial score (nSPS) is 22.2. The Labute approximate surface area is 154 Å². The molecule has 0 spiro atoms. The van der Waals surface area contributed by atoms with E-state index in [2.05, 4.69) is 13.8 Å². The second-order valence-electron chi connectivity index (χ2n) is 7.74. The lowest BCUT2D eigenvalue weighted by Crippen LogP contribution is -2.37. The number of unbranched alkanes of at least 4 members (excludes halogenated alkanes) is 8. The first-order chi connectivity index (χ1) is 11.9. The molecule has 25 heavy (non-hydrogen) atoms. The fourth-order valence-electron chi connectivity index (χ4n) is 3.32. The summed E-state index contributed by atoms with van der Waals surface area (Å²) in [4.78, 5) is 25.1. The predicted molar refractivity (Wildman–Crippen MR) is 101 cm³/mol. The van der Waals surface area contributed by atoms with E-state index in [1.807, 2.05) is 0 Å². The van der Waals surface area contributed by atoms with Crippen LogP contribution in [0.3, 0.4) is 0 Å². The minimum atomic E-state index is -0.856. The van der Waals surface area contributed by atoms with Crippen LogP contribution in [0.5, 0.6) is 0 Å². The zero-order valence-electron chi connectivity index (χ0n) is 16.8. The molecule has 0 N–H and O–H groups in total. The van der Waals surface area contributed by atoms with Crippen LogP contribution < -0.4 is 0 Å². The lowest BCUT2D eigenvalue weighted by atomic mass is 9.97. The molecular formula is C21H38O4. The molecule has 0 unspecified atom stereocenters. The highest BCUT2D eigenvalue weighted by Gasteiger charge is 2.47. The van der Waals surface area contributed by atoms with E-state index >= 15 is 0 Å². The van der Waals surface area contributed by atoms with Gasteiger partial charge in [-0.15, -0.1) is 0 Å². The molecular weight excluding hydrogens is 316 g/mol. The molecule has 0 saturated carbocycles. The molecule has 1 aliphatic heterocycles. The number of ketones is 2. The minimum absolute atomic E-state index is 0.0198. The Bertz CT molecular complexity index is 367. The van der Waals surface area contributed by atoms with Crippen LogP contribution in [0.2, 0.25) is 0 Å². The van der Waals surface area contributed by atoms with Gasteiger partial charge >= 0.3 is 0 Å². The number of Topliss-reactive ketones (excluding diaryl/α,β-unsaturated/α-hetero) is 2. The lowest BCUT2D eigenvalue weighted by Gasteiger charge is -2.16. The maximum atomic E-state index is 12.5. The quantitative estimate of drug-likeness (QED) is 0.394. The average molecular weight is 355 g/mol. The van der Waals surface area contributed by atoms with E-state index < -0.39 is 18.0 Å². The molecule has 0 aromatic rings. The van der Waals surface area contributed by atoms with E-state index in [4.69, 9.17) is 9.47 Å². The maximum Gasteiger partial charge on any atom is 0.165 e. The van der Waals surface area contributed by atoms with Crippen LogP contribution in [-0.2, 0) is 19.1 Å². The Balaban J connectivity index is 2.45. The summed E-state index contributed by atoms with van der Waals surface area (Å²) in [6.45, 7) is 7.91. The molecule has 4 heteroatoms. The van der Waals surface area contributed by atoms with Gasteiger partial charge in [-0.1, -0.05) is 65.2 Å². The lowest BCUT2D eigenvalue weighted by molar-refractivity contribution is -0.158. The third-order valence-electron chi connectivity index (χ3n) is 4.78. The van der Waals surface area contributed by atoms with Gasteiger partial charge in [0.1, 0.15) is 0 Å². The highest BCUT2D eigenvalue weighted by molar-refractivity contribution is 5.93. The Hall–Kier alpha value is -0.740. The van der Waals surface area contributed by atoms with Crippen LogP contribution in [-0.4, -0.2) is 29.6 Å². The summed E-state index contributed by atoms with van der Waals surface area (Å²) < 4.78 is 11.5. The number of hydrogen-bond donors (Lipinski definition) is 0. The van der Waals surface area contributed by atoms with Crippen LogP contribution in [0.1, 0.15) is 105 Å². The third kappa shape index (κ3) is 8.46. The number of carbonyl (C=O) groups is 2. The van der Waals surface area contributed by atoms with Crippen LogP contribution in [0, 0.1) is 0 Å². The van der Waals surface area contributed by atoms with Gasteiger partial charge in [0.05, 0.1) is 0 Å². The first-order valence-corrected chi connectivity index (χ1v) is 10.3. The molecule has 2 atom stereocenters. The fraction of sp³-hybridized carbons (Fsp3) is 0.905. The zero-order valence-corrected chi connectivity index (χ0v) is 16.8. The van der Waals surface area contributed by atoms with Crippen LogP contribution in [0.15, 0.2) is 0 Å². The Morgan fingerprint density at radius 2 is 1.04 bits per heavy atom. The summed E-state index contributed by atoms with van der Waals surface area (Å²) in [5, 5.41) is 0. The Morgan fingerprint density at radius 3 is 1.40 bits per heavy atom. The summed E-state index contributed by atoms with van der Waals surface area (Å²) in [5.74, 6) is -0.816. The SMILES string of the molecule is CCCCCCCC(=O)[C@@H]1OC(C)(C)O[C@H]1C(=O)CCCCCCC. The first kappa shape index (κ1) is 22.3. The summed E-state index contributed by atoms with van der Waals surface area (Å²) in [6, 6.07) is 0. The van der Waals surface area contributed by atoms with Crippen molar-refractivity contribution >= 4 is 11.6 Å². The van der Waals surface area contributed by atoms with Gasteiger partial charge in [-0.05, 0) is 26.7 Å². The predicted octanol–water partition coefficient (Wildman–Crippen LogP) is 5.37. The van der Waals surface area contributed by atoms with Gasteiger partial charge in [-0.25, -0.2) is 0 Å². The summed E-state index contributed by atoms with van der Waals surface area (Å²) in [5.41, 5.74) is 0. The Kier molecular flexibility index (Phi) is 10.5. The molecule has 0 aromatic carbocycles. The van der Waals surface area contributed by atoms with Crippen molar-refractivity contribution in [3.8, 4) is 0 Å². The van der Waals surface area contributed by atoms with Crippen LogP contribution >= 0.6 is 0 Å². The molecule has 146 valence electrons. The molecule has 0 aliphatic carbocycles. The molecule has 0 radical (unpaired) electrons. The van der Waals surface area contributed by atoms with Gasteiger partial charge in [0, 0.05) is 12.8 Å². The van der Waals surface area contributed by atoms with Gasteiger partial charge < -0.3 is 9.47 Å². The van der Waals surface area contributed by atoms with Gasteiger partial charge in [-0.3, -0.25) is 9.59 Å². The van der Waals surface area contributed by atoms with E-state index in [-0.39, 0.29) is 11.6 Å². The summed E-state index contributed by atoms with van der Waals surface area (Å²) >= 11 is 0. The minimum Gasteiger partial charge on any atom is -0.336 e. The van der Waals surface area contributed by atoms with Crippen molar-refractivity contribution < 1.29 is 19.1 Å². The van der Waals surface area contributed by atoms with Crippen molar-refractivity contribution in [3.63, 3.8) is 0 Å². The molecule has 0 amide bonds. The molecule has 1 aliphatic rings. The van der Waals surface area contributed by atoms with Crippen molar-refractivity contribution in [2.24, 2.45) is 0 Å². The third-order valence-corrected chi connectivity index (χ3v) is 4.78. The van der Waals surface area contributed by atoms with Gasteiger partial charge in [0.25, 0.3) is 0 Å². The molecule has 0 bridgehead atoms. The van der Waals surface area contributed by atoms with Crippen molar-refractivity contribution in [2.45, 2.75) is 123 Å². The van der Waals surface area contributed by atoms with E-state index in [1.165, 1.54) is 25.7 Å². The average Bonchev–Trinajstić information content (AvgIpc) is 2.90. The largest absolute Gasteiger partial charge is 0.336 e.